The molecule has 0 aliphatic rings. The lowest BCUT2D eigenvalue weighted by Crippen LogP contribution is -2.21. The van der Waals surface area contributed by atoms with E-state index in [1.807, 2.05) is 19.1 Å². The SMILES string of the molecule is Cc1ccc(C(C)C)cc1OC/C(N)=N/O. The fourth-order valence-corrected chi connectivity index (χ4v) is 1.31. The molecule has 0 aliphatic heterocycles. The summed E-state index contributed by atoms with van der Waals surface area (Å²) in [7, 11) is 0. The van der Waals surface area contributed by atoms with E-state index in [0.29, 0.717) is 5.92 Å². The summed E-state index contributed by atoms with van der Waals surface area (Å²) in [6, 6.07) is 6.08. The largest absolute Gasteiger partial charge is 0.485 e. The van der Waals surface area contributed by atoms with Crippen molar-refractivity contribution in [3.63, 3.8) is 0 Å². The Kier molecular flexibility index (Phi) is 4.17. The van der Waals surface area contributed by atoms with Gasteiger partial charge in [-0.1, -0.05) is 31.1 Å². The number of nitrogens with zero attached hydrogens (tertiary/aromatic N) is 1. The fourth-order valence-electron chi connectivity index (χ4n) is 1.31. The molecule has 0 aromatic heterocycles. The van der Waals surface area contributed by atoms with Gasteiger partial charge >= 0.3 is 0 Å². The Morgan fingerprint density at radius 1 is 1.50 bits per heavy atom. The van der Waals surface area contributed by atoms with Gasteiger partial charge in [-0.15, -0.1) is 0 Å². The average molecular weight is 222 g/mol. The second kappa shape index (κ2) is 5.39. The molecule has 0 heterocycles. The lowest BCUT2D eigenvalue weighted by atomic mass is 10.0. The van der Waals surface area contributed by atoms with Gasteiger partial charge in [-0.05, 0) is 30.0 Å². The lowest BCUT2D eigenvalue weighted by molar-refractivity contribution is 0.306. The first-order valence-electron chi connectivity index (χ1n) is 5.24. The smallest absolute Gasteiger partial charge is 0.177 e. The minimum Gasteiger partial charge on any atom is -0.485 e. The van der Waals surface area contributed by atoms with Crippen LogP contribution in [-0.2, 0) is 0 Å². The van der Waals surface area contributed by atoms with Gasteiger partial charge in [0.25, 0.3) is 0 Å². The van der Waals surface area contributed by atoms with E-state index in [2.05, 4.69) is 25.1 Å². The minimum atomic E-state index is 0.0642. The molecule has 0 radical (unpaired) electrons. The van der Waals surface area contributed by atoms with Crippen LogP contribution in [0.25, 0.3) is 0 Å². The quantitative estimate of drug-likeness (QED) is 0.355. The zero-order chi connectivity index (χ0) is 12.1. The first kappa shape index (κ1) is 12.4. The van der Waals surface area contributed by atoms with Crippen LogP contribution in [-0.4, -0.2) is 17.6 Å². The molecule has 1 aromatic rings. The number of aryl methyl sites for hydroxylation is 1. The molecule has 0 bridgehead atoms. The molecule has 0 fully saturated rings. The fraction of sp³-hybridized carbons (Fsp3) is 0.417. The molecule has 0 aliphatic carbocycles. The van der Waals surface area contributed by atoms with Gasteiger partial charge in [-0.25, -0.2) is 0 Å². The van der Waals surface area contributed by atoms with Gasteiger partial charge < -0.3 is 15.7 Å². The van der Waals surface area contributed by atoms with Crippen molar-refractivity contribution in [3.8, 4) is 5.75 Å². The molecule has 0 unspecified atom stereocenters. The molecule has 0 amide bonds. The maximum atomic E-state index is 8.41. The van der Waals surface area contributed by atoms with Crippen LogP contribution in [0.3, 0.4) is 0 Å². The third-order valence-electron chi connectivity index (χ3n) is 2.38. The summed E-state index contributed by atoms with van der Waals surface area (Å²) in [5.74, 6) is 1.29. The number of nitrogens with two attached hydrogens (primary N) is 1. The number of oxime groups is 1. The number of ether oxygens (including phenoxy) is 1. The molecule has 3 N–H and O–H groups in total. The van der Waals surface area contributed by atoms with Gasteiger partial charge in [0.2, 0.25) is 0 Å². The molecular formula is C12H18N2O2. The van der Waals surface area contributed by atoms with Gasteiger partial charge in [0.1, 0.15) is 12.4 Å². The van der Waals surface area contributed by atoms with Crippen LogP contribution >= 0.6 is 0 Å². The van der Waals surface area contributed by atoms with E-state index in [4.69, 9.17) is 15.7 Å². The van der Waals surface area contributed by atoms with Gasteiger partial charge in [-0.3, -0.25) is 0 Å². The van der Waals surface area contributed by atoms with Crippen molar-refractivity contribution in [1.82, 2.24) is 0 Å². The van der Waals surface area contributed by atoms with Gasteiger partial charge in [-0.2, -0.15) is 0 Å². The molecule has 0 saturated carbocycles. The second-order valence-electron chi connectivity index (χ2n) is 4.06. The predicted octanol–water partition coefficient (Wildman–Crippen LogP) is 2.24. The van der Waals surface area contributed by atoms with Gasteiger partial charge in [0.15, 0.2) is 5.84 Å². The van der Waals surface area contributed by atoms with Crippen LogP contribution < -0.4 is 10.5 Å². The van der Waals surface area contributed by atoms with Crippen molar-refractivity contribution in [3.05, 3.63) is 29.3 Å². The molecule has 1 rings (SSSR count). The van der Waals surface area contributed by atoms with Crippen molar-refractivity contribution in [2.45, 2.75) is 26.7 Å². The average Bonchev–Trinajstić information content (AvgIpc) is 2.27. The molecule has 0 spiro atoms. The predicted molar refractivity (Wildman–Crippen MR) is 64.2 cm³/mol. The van der Waals surface area contributed by atoms with Crippen LogP contribution in [0.5, 0.6) is 5.75 Å². The van der Waals surface area contributed by atoms with Crippen LogP contribution in [0.15, 0.2) is 23.4 Å². The standard InChI is InChI=1S/C12H18N2O2/c1-8(2)10-5-4-9(3)11(6-10)16-7-12(13)14-15/h4-6,8,15H,7H2,1-3H3,(H2,13,14). The Morgan fingerprint density at radius 3 is 2.75 bits per heavy atom. The van der Waals surface area contributed by atoms with Crippen LogP contribution in [0.2, 0.25) is 0 Å². The molecular weight excluding hydrogens is 204 g/mol. The highest BCUT2D eigenvalue weighted by molar-refractivity contribution is 5.81. The summed E-state index contributed by atoms with van der Waals surface area (Å²) < 4.78 is 5.46. The summed E-state index contributed by atoms with van der Waals surface area (Å²) in [4.78, 5) is 0. The lowest BCUT2D eigenvalue weighted by Gasteiger charge is -2.12. The van der Waals surface area contributed by atoms with Crippen LogP contribution in [0, 0.1) is 6.92 Å². The van der Waals surface area contributed by atoms with Crippen molar-refractivity contribution < 1.29 is 9.94 Å². The third-order valence-corrected chi connectivity index (χ3v) is 2.38. The highest BCUT2D eigenvalue weighted by Gasteiger charge is 2.05. The Balaban J connectivity index is 2.82. The van der Waals surface area contributed by atoms with Crippen molar-refractivity contribution >= 4 is 5.84 Å². The Hall–Kier alpha value is -1.71. The molecule has 1 aromatic carbocycles. The van der Waals surface area contributed by atoms with E-state index in [-0.39, 0.29) is 12.4 Å². The molecule has 16 heavy (non-hydrogen) atoms. The van der Waals surface area contributed by atoms with Gasteiger partial charge in [0, 0.05) is 0 Å². The van der Waals surface area contributed by atoms with Crippen molar-refractivity contribution in [2.75, 3.05) is 6.61 Å². The number of hydrogen-bond acceptors (Lipinski definition) is 3. The first-order chi connectivity index (χ1) is 7.54. The summed E-state index contributed by atoms with van der Waals surface area (Å²) in [6.07, 6.45) is 0. The molecule has 0 saturated heterocycles. The number of rotatable bonds is 4. The molecule has 88 valence electrons. The highest BCUT2D eigenvalue weighted by Crippen LogP contribution is 2.24. The number of benzene rings is 1. The normalized spacial score (nSPS) is 11.9. The third kappa shape index (κ3) is 3.15. The Labute approximate surface area is 95.7 Å². The van der Waals surface area contributed by atoms with E-state index in [1.54, 1.807) is 0 Å². The number of hydrogen-bond donors (Lipinski definition) is 2. The first-order valence-corrected chi connectivity index (χ1v) is 5.24. The molecule has 4 heteroatoms. The van der Waals surface area contributed by atoms with E-state index >= 15 is 0 Å². The Morgan fingerprint density at radius 2 is 2.19 bits per heavy atom. The summed E-state index contributed by atoms with van der Waals surface area (Å²) >= 11 is 0. The van der Waals surface area contributed by atoms with Gasteiger partial charge in [0.05, 0.1) is 0 Å². The van der Waals surface area contributed by atoms with Crippen molar-refractivity contribution in [2.24, 2.45) is 10.9 Å². The zero-order valence-corrected chi connectivity index (χ0v) is 9.90. The molecule has 0 atom stereocenters. The van der Waals surface area contributed by atoms with E-state index in [1.165, 1.54) is 5.56 Å². The number of amidine groups is 1. The minimum absolute atomic E-state index is 0.0642. The zero-order valence-electron chi connectivity index (χ0n) is 9.90. The topological polar surface area (TPSA) is 67.8 Å². The summed E-state index contributed by atoms with van der Waals surface area (Å²) in [6.45, 7) is 6.31. The highest BCUT2D eigenvalue weighted by atomic mass is 16.5. The van der Waals surface area contributed by atoms with E-state index < -0.39 is 0 Å². The maximum Gasteiger partial charge on any atom is 0.177 e. The van der Waals surface area contributed by atoms with Crippen LogP contribution in [0.1, 0.15) is 30.9 Å². The Bertz CT molecular complexity index is 387. The molecule has 4 nitrogen and oxygen atoms in total. The van der Waals surface area contributed by atoms with Crippen molar-refractivity contribution in [1.29, 1.82) is 0 Å². The maximum absolute atomic E-state index is 8.41. The summed E-state index contributed by atoms with van der Waals surface area (Å²) in [5.41, 5.74) is 7.59. The summed E-state index contributed by atoms with van der Waals surface area (Å²) in [5, 5.41) is 11.3. The monoisotopic (exact) mass is 222 g/mol. The van der Waals surface area contributed by atoms with E-state index in [0.717, 1.165) is 11.3 Å². The van der Waals surface area contributed by atoms with E-state index in [9.17, 15) is 0 Å². The second-order valence-corrected chi connectivity index (χ2v) is 4.06. The van der Waals surface area contributed by atoms with Crippen LogP contribution in [0.4, 0.5) is 0 Å².